The van der Waals surface area contributed by atoms with Crippen LogP contribution in [0.15, 0.2) is 36.4 Å². The molecule has 29 heavy (non-hydrogen) atoms. The Morgan fingerprint density at radius 1 is 1.00 bits per heavy atom. The number of hydrogen-bond donors (Lipinski definition) is 0. The molecule has 0 aliphatic rings. The molecular formula is C21H25N3O4S. The molecule has 154 valence electrons. The standard InChI is InChI=1S/C21H25N3O4S/c1-23(2)9-10-24(20(25)14-11-15(26-3)13-16(12-14)27-4)21-22-19-17(28-5)7-6-8-18(19)29-21/h6-8,11-13H,9-10H2,1-5H3. The Labute approximate surface area is 174 Å². The van der Waals surface area contributed by atoms with E-state index in [1.807, 2.05) is 37.2 Å². The Morgan fingerprint density at radius 3 is 2.28 bits per heavy atom. The molecule has 0 spiro atoms. The van der Waals surface area contributed by atoms with Crippen LogP contribution in [0.5, 0.6) is 17.2 Å². The van der Waals surface area contributed by atoms with Gasteiger partial charge in [-0.3, -0.25) is 9.69 Å². The fourth-order valence-electron chi connectivity index (χ4n) is 2.86. The minimum atomic E-state index is -0.165. The van der Waals surface area contributed by atoms with Gasteiger partial charge in [0.25, 0.3) is 5.91 Å². The summed E-state index contributed by atoms with van der Waals surface area (Å²) in [7, 11) is 8.68. The molecule has 0 atom stereocenters. The topological polar surface area (TPSA) is 64.1 Å². The molecule has 0 N–H and O–H groups in total. The maximum absolute atomic E-state index is 13.5. The van der Waals surface area contributed by atoms with E-state index >= 15 is 0 Å². The van der Waals surface area contributed by atoms with Crippen LogP contribution in [0.3, 0.4) is 0 Å². The quantitative estimate of drug-likeness (QED) is 0.561. The maximum atomic E-state index is 13.5. The van der Waals surface area contributed by atoms with Crippen LogP contribution in [0.4, 0.5) is 5.13 Å². The number of amides is 1. The summed E-state index contributed by atoms with van der Waals surface area (Å²) in [6.45, 7) is 1.19. The van der Waals surface area contributed by atoms with E-state index in [9.17, 15) is 4.79 Å². The molecule has 1 aromatic heterocycles. The Morgan fingerprint density at radius 2 is 1.69 bits per heavy atom. The lowest BCUT2D eigenvalue weighted by molar-refractivity contribution is 0.0984. The summed E-state index contributed by atoms with van der Waals surface area (Å²) in [6.07, 6.45) is 0. The van der Waals surface area contributed by atoms with Crippen molar-refractivity contribution in [2.75, 3.05) is 53.4 Å². The number of fused-ring (bicyclic) bond motifs is 1. The normalized spacial score (nSPS) is 11.0. The number of para-hydroxylation sites is 1. The van der Waals surface area contributed by atoms with Gasteiger partial charge >= 0.3 is 0 Å². The van der Waals surface area contributed by atoms with Gasteiger partial charge in [-0.15, -0.1) is 0 Å². The highest BCUT2D eigenvalue weighted by molar-refractivity contribution is 7.22. The van der Waals surface area contributed by atoms with Gasteiger partial charge in [-0.2, -0.15) is 0 Å². The van der Waals surface area contributed by atoms with Crippen molar-refractivity contribution >= 4 is 32.6 Å². The van der Waals surface area contributed by atoms with Crippen molar-refractivity contribution in [2.24, 2.45) is 0 Å². The summed E-state index contributed by atoms with van der Waals surface area (Å²) in [4.78, 5) is 21.9. The number of nitrogens with zero attached hydrogens (tertiary/aromatic N) is 3. The number of benzene rings is 2. The highest BCUT2D eigenvalue weighted by Crippen LogP contribution is 2.35. The molecule has 8 heteroatoms. The summed E-state index contributed by atoms with van der Waals surface area (Å²) in [5, 5.41) is 0.623. The van der Waals surface area contributed by atoms with Crippen LogP contribution in [0, 0.1) is 0 Å². The van der Waals surface area contributed by atoms with Crippen molar-refractivity contribution in [3.63, 3.8) is 0 Å². The van der Waals surface area contributed by atoms with Gasteiger partial charge in [0.15, 0.2) is 5.13 Å². The van der Waals surface area contributed by atoms with Gasteiger partial charge in [0.05, 0.1) is 26.0 Å². The van der Waals surface area contributed by atoms with Gasteiger partial charge in [-0.1, -0.05) is 17.4 Å². The maximum Gasteiger partial charge on any atom is 0.260 e. The molecule has 0 saturated heterocycles. The summed E-state index contributed by atoms with van der Waals surface area (Å²) >= 11 is 1.46. The Hall–Kier alpha value is -2.84. The van der Waals surface area contributed by atoms with E-state index in [2.05, 4.69) is 0 Å². The molecule has 0 aliphatic carbocycles. The number of likely N-dealkylation sites (N-methyl/N-ethyl adjacent to an activating group) is 1. The average molecular weight is 416 g/mol. The zero-order chi connectivity index (χ0) is 21.0. The molecule has 7 nitrogen and oxygen atoms in total. The summed E-state index contributed by atoms with van der Waals surface area (Å²) in [6, 6.07) is 10.9. The fourth-order valence-corrected chi connectivity index (χ4v) is 3.87. The molecule has 2 aromatic carbocycles. The smallest absolute Gasteiger partial charge is 0.260 e. The van der Waals surface area contributed by atoms with Crippen molar-refractivity contribution in [1.29, 1.82) is 0 Å². The first kappa shape index (κ1) is 20.9. The van der Waals surface area contributed by atoms with Crippen LogP contribution in [-0.2, 0) is 0 Å². The van der Waals surface area contributed by atoms with E-state index in [-0.39, 0.29) is 5.91 Å². The predicted molar refractivity (Wildman–Crippen MR) is 116 cm³/mol. The molecule has 1 amide bonds. The fraction of sp³-hybridized carbons (Fsp3) is 0.333. The second kappa shape index (κ2) is 9.11. The number of carbonyl (C=O) groups excluding carboxylic acids is 1. The van der Waals surface area contributed by atoms with E-state index in [0.717, 1.165) is 10.2 Å². The lowest BCUT2D eigenvalue weighted by Crippen LogP contribution is -2.36. The zero-order valence-corrected chi connectivity index (χ0v) is 18.1. The Bertz CT molecular complexity index is 981. The van der Waals surface area contributed by atoms with Crippen molar-refractivity contribution < 1.29 is 19.0 Å². The number of aromatic nitrogens is 1. The van der Waals surface area contributed by atoms with Crippen molar-refractivity contribution in [3.8, 4) is 17.2 Å². The van der Waals surface area contributed by atoms with Gasteiger partial charge in [0.1, 0.15) is 22.8 Å². The third kappa shape index (κ3) is 4.60. The minimum Gasteiger partial charge on any atom is -0.497 e. The second-order valence-corrected chi connectivity index (χ2v) is 7.67. The third-order valence-electron chi connectivity index (χ3n) is 4.44. The first-order valence-electron chi connectivity index (χ1n) is 9.10. The second-order valence-electron chi connectivity index (χ2n) is 6.66. The van der Waals surface area contributed by atoms with E-state index in [4.69, 9.17) is 19.2 Å². The number of ether oxygens (including phenoxy) is 3. The monoisotopic (exact) mass is 415 g/mol. The van der Waals surface area contributed by atoms with E-state index in [1.165, 1.54) is 11.3 Å². The predicted octanol–water partition coefficient (Wildman–Crippen LogP) is 3.53. The van der Waals surface area contributed by atoms with E-state index in [1.54, 1.807) is 44.4 Å². The van der Waals surface area contributed by atoms with Crippen molar-refractivity contribution in [3.05, 3.63) is 42.0 Å². The van der Waals surface area contributed by atoms with Crippen LogP contribution in [0.2, 0.25) is 0 Å². The number of thiazole rings is 1. The van der Waals surface area contributed by atoms with Crippen molar-refractivity contribution in [2.45, 2.75) is 0 Å². The van der Waals surface area contributed by atoms with Crippen molar-refractivity contribution in [1.82, 2.24) is 9.88 Å². The summed E-state index contributed by atoms with van der Waals surface area (Å²) < 4.78 is 17.0. The first-order valence-corrected chi connectivity index (χ1v) is 9.91. The highest BCUT2D eigenvalue weighted by Gasteiger charge is 2.23. The molecule has 0 aliphatic heterocycles. The number of hydrogen-bond acceptors (Lipinski definition) is 7. The average Bonchev–Trinajstić information content (AvgIpc) is 3.16. The van der Waals surface area contributed by atoms with Crippen LogP contribution >= 0.6 is 11.3 Å². The Kier molecular flexibility index (Phi) is 6.56. The van der Waals surface area contributed by atoms with Gasteiger partial charge in [0.2, 0.25) is 0 Å². The molecule has 0 radical (unpaired) electrons. The minimum absolute atomic E-state index is 0.165. The Balaban J connectivity index is 2.04. The van der Waals surface area contributed by atoms with Gasteiger partial charge in [-0.25, -0.2) is 4.98 Å². The van der Waals surface area contributed by atoms with Gasteiger partial charge in [0, 0.05) is 24.7 Å². The SMILES string of the molecule is COc1cc(OC)cc(C(=O)N(CCN(C)C)c2nc3c(OC)cccc3s2)c1. The lowest BCUT2D eigenvalue weighted by Gasteiger charge is -2.22. The summed E-state index contributed by atoms with van der Waals surface area (Å²) in [5.41, 5.74) is 1.23. The largest absolute Gasteiger partial charge is 0.497 e. The first-order chi connectivity index (χ1) is 14.0. The molecule has 3 rings (SSSR count). The van der Waals surface area contributed by atoms with Crippen LogP contribution in [0.1, 0.15) is 10.4 Å². The molecule has 1 heterocycles. The molecule has 0 fully saturated rings. The van der Waals surface area contributed by atoms with Gasteiger partial charge < -0.3 is 19.1 Å². The highest BCUT2D eigenvalue weighted by atomic mass is 32.1. The van der Waals surface area contributed by atoms with Crippen LogP contribution < -0.4 is 19.1 Å². The number of methoxy groups -OCH3 is 3. The van der Waals surface area contributed by atoms with Crippen LogP contribution in [-0.4, -0.2) is 64.3 Å². The molecular weight excluding hydrogens is 390 g/mol. The van der Waals surface area contributed by atoms with Gasteiger partial charge in [-0.05, 0) is 38.4 Å². The van der Waals surface area contributed by atoms with E-state index in [0.29, 0.717) is 41.0 Å². The molecule has 0 unspecified atom stereocenters. The zero-order valence-electron chi connectivity index (χ0n) is 17.3. The molecule has 0 saturated carbocycles. The molecule has 0 bridgehead atoms. The number of rotatable bonds is 8. The lowest BCUT2D eigenvalue weighted by atomic mass is 10.1. The van der Waals surface area contributed by atoms with Crippen LogP contribution in [0.25, 0.3) is 10.2 Å². The summed E-state index contributed by atoms with van der Waals surface area (Å²) in [5.74, 6) is 1.65. The third-order valence-corrected chi connectivity index (χ3v) is 5.48. The van der Waals surface area contributed by atoms with E-state index < -0.39 is 0 Å². The number of anilines is 1. The molecule has 3 aromatic rings. The number of carbonyl (C=O) groups is 1.